The fourth-order valence-electron chi connectivity index (χ4n) is 4.87. The second kappa shape index (κ2) is 10.8. The quantitative estimate of drug-likeness (QED) is 0.385. The van der Waals surface area contributed by atoms with Crippen LogP contribution < -0.4 is 0 Å². The highest BCUT2D eigenvalue weighted by Gasteiger charge is 2.37. The zero-order valence-electron chi connectivity index (χ0n) is 18.3. The Labute approximate surface area is 158 Å². The van der Waals surface area contributed by atoms with Gasteiger partial charge in [-0.15, -0.1) is 0 Å². The molecule has 1 N–H and O–H groups in total. The van der Waals surface area contributed by atoms with Gasteiger partial charge in [0.2, 0.25) is 0 Å². The molecule has 25 heavy (non-hydrogen) atoms. The van der Waals surface area contributed by atoms with Gasteiger partial charge in [-0.05, 0) is 75.0 Å². The third-order valence-corrected chi connectivity index (χ3v) is 6.72. The summed E-state index contributed by atoms with van der Waals surface area (Å²) in [5.41, 5.74) is 1.74. The summed E-state index contributed by atoms with van der Waals surface area (Å²) in [7, 11) is 0. The molecule has 0 aromatic carbocycles. The van der Waals surface area contributed by atoms with Crippen molar-refractivity contribution in [2.24, 2.45) is 29.1 Å². The largest absolute Gasteiger partial charge is 0.393 e. The van der Waals surface area contributed by atoms with Crippen molar-refractivity contribution in [1.82, 2.24) is 0 Å². The molecule has 0 bridgehead atoms. The van der Waals surface area contributed by atoms with Crippen molar-refractivity contribution in [2.45, 2.75) is 112 Å². The van der Waals surface area contributed by atoms with Gasteiger partial charge in [0.25, 0.3) is 0 Å². The van der Waals surface area contributed by atoms with Gasteiger partial charge in [-0.2, -0.15) is 0 Å². The van der Waals surface area contributed by atoms with E-state index in [1.54, 1.807) is 0 Å². The second-order valence-corrected chi connectivity index (χ2v) is 10.1. The molecule has 1 saturated carbocycles. The fourth-order valence-corrected chi connectivity index (χ4v) is 4.87. The van der Waals surface area contributed by atoms with E-state index >= 15 is 0 Å². The van der Waals surface area contributed by atoms with Crippen molar-refractivity contribution >= 4 is 0 Å². The first-order valence-corrected chi connectivity index (χ1v) is 11.0. The van der Waals surface area contributed by atoms with Crippen molar-refractivity contribution in [1.29, 1.82) is 0 Å². The molecule has 0 aromatic heterocycles. The summed E-state index contributed by atoms with van der Waals surface area (Å²) in [6, 6.07) is 0. The zero-order valence-corrected chi connectivity index (χ0v) is 18.3. The third kappa shape index (κ3) is 8.29. The standard InChI is InChI=1S/C24H46O/c1-8-21(11-9-10-18(2)3)22-12-13-23(17-22)24(6,7)15-14-19(4)16-20(5)25/h14,18,20-23,25H,8-13,15-17H2,1-7H3/b19-14+/t20?,21-,22-,23+/m0/s1. The predicted molar refractivity (Wildman–Crippen MR) is 112 cm³/mol. The number of aliphatic hydroxyl groups is 1. The van der Waals surface area contributed by atoms with Gasteiger partial charge < -0.3 is 5.11 Å². The summed E-state index contributed by atoms with van der Waals surface area (Å²) in [6.07, 6.45) is 14.1. The van der Waals surface area contributed by atoms with Crippen molar-refractivity contribution in [3.05, 3.63) is 11.6 Å². The van der Waals surface area contributed by atoms with E-state index in [0.717, 1.165) is 36.5 Å². The highest BCUT2D eigenvalue weighted by atomic mass is 16.3. The number of aliphatic hydroxyl groups excluding tert-OH is 1. The highest BCUT2D eigenvalue weighted by Crippen LogP contribution is 2.48. The predicted octanol–water partition coefficient (Wildman–Crippen LogP) is 7.39. The van der Waals surface area contributed by atoms with Crippen molar-refractivity contribution in [3.63, 3.8) is 0 Å². The molecule has 0 aromatic rings. The Morgan fingerprint density at radius 2 is 1.84 bits per heavy atom. The van der Waals surface area contributed by atoms with Crippen LogP contribution in [-0.4, -0.2) is 11.2 Å². The van der Waals surface area contributed by atoms with Crippen LogP contribution in [0.5, 0.6) is 0 Å². The highest BCUT2D eigenvalue weighted by molar-refractivity contribution is 5.02. The van der Waals surface area contributed by atoms with Crippen LogP contribution >= 0.6 is 0 Å². The van der Waals surface area contributed by atoms with Crippen LogP contribution in [0.3, 0.4) is 0 Å². The van der Waals surface area contributed by atoms with Crippen LogP contribution in [0.2, 0.25) is 0 Å². The van der Waals surface area contributed by atoms with Crippen molar-refractivity contribution < 1.29 is 5.11 Å². The van der Waals surface area contributed by atoms with Gasteiger partial charge in [0.1, 0.15) is 0 Å². The van der Waals surface area contributed by atoms with E-state index in [1.807, 2.05) is 6.92 Å². The first kappa shape index (κ1) is 22.7. The number of allylic oxidation sites excluding steroid dienone is 1. The average molecular weight is 351 g/mol. The number of hydrogen-bond donors (Lipinski definition) is 1. The van der Waals surface area contributed by atoms with Gasteiger partial charge in [-0.3, -0.25) is 0 Å². The van der Waals surface area contributed by atoms with Crippen LogP contribution in [0.25, 0.3) is 0 Å². The van der Waals surface area contributed by atoms with E-state index in [-0.39, 0.29) is 6.10 Å². The van der Waals surface area contributed by atoms with E-state index in [0.29, 0.717) is 5.41 Å². The molecule has 0 saturated heterocycles. The molecule has 148 valence electrons. The molecule has 0 heterocycles. The Morgan fingerprint density at radius 3 is 2.40 bits per heavy atom. The first-order valence-electron chi connectivity index (χ1n) is 11.0. The number of hydrogen-bond acceptors (Lipinski definition) is 1. The minimum atomic E-state index is -0.216. The molecule has 0 radical (unpaired) electrons. The van der Waals surface area contributed by atoms with Gasteiger partial charge in [0.15, 0.2) is 0 Å². The van der Waals surface area contributed by atoms with Crippen molar-refractivity contribution in [2.75, 3.05) is 0 Å². The fraction of sp³-hybridized carbons (Fsp3) is 0.917. The molecule has 1 aliphatic carbocycles. The molecular weight excluding hydrogens is 304 g/mol. The molecule has 0 spiro atoms. The molecule has 0 aliphatic heterocycles. The van der Waals surface area contributed by atoms with E-state index in [9.17, 15) is 5.11 Å². The minimum absolute atomic E-state index is 0.216. The SMILES string of the molecule is CC[C@@H](CCCC(C)C)[C@H]1CC[C@@H](C(C)(C)C/C=C(\C)CC(C)O)C1. The molecule has 1 unspecified atom stereocenters. The van der Waals surface area contributed by atoms with E-state index in [2.05, 4.69) is 47.6 Å². The van der Waals surface area contributed by atoms with Crippen LogP contribution in [0.1, 0.15) is 106 Å². The molecule has 1 heteroatoms. The second-order valence-electron chi connectivity index (χ2n) is 10.1. The Balaban J connectivity index is 2.52. The van der Waals surface area contributed by atoms with Gasteiger partial charge in [0, 0.05) is 0 Å². The summed E-state index contributed by atoms with van der Waals surface area (Å²) < 4.78 is 0. The smallest absolute Gasteiger partial charge is 0.0549 e. The van der Waals surface area contributed by atoms with Crippen LogP contribution in [0.4, 0.5) is 0 Å². The maximum atomic E-state index is 9.55. The summed E-state index contributed by atoms with van der Waals surface area (Å²) in [5.74, 6) is 3.63. The summed E-state index contributed by atoms with van der Waals surface area (Å²) in [6.45, 7) is 16.1. The summed E-state index contributed by atoms with van der Waals surface area (Å²) in [4.78, 5) is 0. The molecule has 1 nitrogen and oxygen atoms in total. The van der Waals surface area contributed by atoms with Gasteiger partial charge in [0.05, 0.1) is 6.10 Å². The normalized spacial score (nSPS) is 24.8. The Kier molecular flexibility index (Phi) is 9.78. The monoisotopic (exact) mass is 350 g/mol. The first-order chi connectivity index (χ1) is 11.7. The lowest BCUT2D eigenvalue weighted by molar-refractivity contribution is 0.191. The van der Waals surface area contributed by atoms with Gasteiger partial charge in [-0.25, -0.2) is 0 Å². The lowest BCUT2D eigenvalue weighted by Crippen LogP contribution is -2.22. The van der Waals surface area contributed by atoms with Crippen LogP contribution in [-0.2, 0) is 0 Å². The molecule has 0 amide bonds. The summed E-state index contributed by atoms with van der Waals surface area (Å²) >= 11 is 0. The molecule has 1 fully saturated rings. The van der Waals surface area contributed by atoms with E-state index < -0.39 is 0 Å². The molecule has 1 rings (SSSR count). The van der Waals surface area contributed by atoms with Crippen LogP contribution in [0, 0.1) is 29.1 Å². The van der Waals surface area contributed by atoms with Crippen LogP contribution in [0.15, 0.2) is 11.6 Å². The summed E-state index contributed by atoms with van der Waals surface area (Å²) in [5, 5.41) is 9.55. The van der Waals surface area contributed by atoms with Gasteiger partial charge >= 0.3 is 0 Å². The van der Waals surface area contributed by atoms with E-state index in [4.69, 9.17) is 0 Å². The minimum Gasteiger partial charge on any atom is -0.393 e. The lowest BCUT2D eigenvalue weighted by Gasteiger charge is -2.32. The maximum Gasteiger partial charge on any atom is 0.0549 e. The zero-order chi connectivity index (χ0) is 19.0. The van der Waals surface area contributed by atoms with E-state index in [1.165, 1.54) is 50.5 Å². The van der Waals surface area contributed by atoms with Crippen molar-refractivity contribution in [3.8, 4) is 0 Å². The molecule has 1 aliphatic rings. The Hall–Kier alpha value is -0.300. The Bertz CT molecular complexity index is 391. The Morgan fingerprint density at radius 1 is 1.16 bits per heavy atom. The number of rotatable bonds is 11. The lowest BCUT2D eigenvalue weighted by atomic mass is 9.73. The average Bonchev–Trinajstić information content (AvgIpc) is 2.99. The van der Waals surface area contributed by atoms with Gasteiger partial charge in [-0.1, -0.05) is 72.0 Å². The molecular formula is C24H46O. The topological polar surface area (TPSA) is 20.2 Å². The maximum absolute atomic E-state index is 9.55. The molecule has 4 atom stereocenters. The third-order valence-electron chi connectivity index (χ3n) is 6.72.